The Hall–Kier alpha value is -1.49. The number of nitrogen functional groups attached to an aromatic ring is 1. The summed E-state index contributed by atoms with van der Waals surface area (Å²) in [6.45, 7) is 0. The van der Waals surface area contributed by atoms with Crippen LogP contribution in [0.15, 0.2) is 18.5 Å². The van der Waals surface area contributed by atoms with Crippen LogP contribution in [0.1, 0.15) is 5.56 Å². The molecule has 0 saturated heterocycles. The molecular weight excluding hydrogens is 112 g/mol. The second-order valence-corrected chi connectivity index (χ2v) is 1.61. The molecule has 0 aliphatic carbocycles. The molecule has 0 aliphatic heterocycles. The van der Waals surface area contributed by atoms with Gasteiger partial charge in [0.25, 0.3) is 0 Å². The van der Waals surface area contributed by atoms with Crippen molar-refractivity contribution in [3.05, 3.63) is 24.0 Å². The maximum atomic E-state index is 5.43. The number of nitrogens with zero attached hydrogens (tertiary/aromatic N) is 1. The first-order chi connectivity index (χ1) is 4.34. The molecule has 0 aromatic carbocycles. The van der Waals surface area contributed by atoms with Gasteiger partial charge in [0, 0.05) is 6.20 Å². The average Bonchev–Trinajstić information content (AvgIpc) is 1.89. The van der Waals surface area contributed by atoms with Crippen LogP contribution in [-0.4, -0.2) is 4.98 Å². The van der Waals surface area contributed by atoms with Crippen LogP contribution in [0.25, 0.3) is 0 Å². The van der Waals surface area contributed by atoms with Crippen molar-refractivity contribution in [2.24, 2.45) is 0 Å². The van der Waals surface area contributed by atoms with Gasteiger partial charge in [-0.2, -0.15) is 0 Å². The number of aromatic nitrogens is 1. The molecule has 2 N–H and O–H groups in total. The molecule has 1 rings (SSSR count). The zero-order chi connectivity index (χ0) is 6.69. The Morgan fingerprint density at radius 2 is 2.44 bits per heavy atom. The Morgan fingerprint density at radius 1 is 1.67 bits per heavy atom. The van der Waals surface area contributed by atoms with Gasteiger partial charge in [-0.3, -0.25) is 4.98 Å². The van der Waals surface area contributed by atoms with Crippen molar-refractivity contribution in [3.63, 3.8) is 0 Å². The van der Waals surface area contributed by atoms with Gasteiger partial charge in [0.05, 0.1) is 17.4 Å². The summed E-state index contributed by atoms with van der Waals surface area (Å²) >= 11 is 0. The molecule has 0 radical (unpaired) electrons. The first-order valence-electron chi connectivity index (χ1n) is 2.50. The molecule has 0 spiro atoms. The minimum atomic E-state index is 0.556. The van der Waals surface area contributed by atoms with Crippen molar-refractivity contribution >= 4 is 5.69 Å². The number of hydrogen-bond acceptors (Lipinski definition) is 2. The number of terminal acetylenes is 1. The molecule has 0 atom stereocenters. The minimum Gasteiger partial charge on any atom is -0.396 e. The Bertz CT molecular complexity index is 247. The van der Waals surface area contributed by atoms with Gasteiger partial charge in [-0.15, -0.1) is 6.42 Å². The van der Waals surface area contributed by atoms with E-state index in [4.69, 9.17) is 12.2 Å². The maximum absolute atomic E-state index is 5.43. The molecule has 1 aromatic rings. The number of hydrogen-bond donors (Lipinski definition) is 1. The summed E-state index contributed by atoms with van der Waals surface area (Å²) in [5.41, 5.74) is 6.68. The standard InChI is InChI=1S/C7H6N2/c1-2-6-3-4-9-5-7(6)8/h1,3-5H,8H2. The first-order valence-corrected chi connectivity index (χ1v) is 2.50. The van der Waals surface area contributed by atoms with Crippen LogP contribution in [0.2, 0.25) is 0 Å². The Balaban J connectivity index is 3.20. The summed E-state index contributed by atoms with van der Waals surface area (Å²) in [5.74, 6) is 2.43. The highest BCUT2D eigenvalue weighted by Crippen LogP contribution is 2.04. The molecule has 1 heterocycles. The van der Waals surface area contributed by atoms with E-state index in [0.717, 1.165) is 0 Å². The summed E-state index contributed by atoms with van der Waals surface area (Å²) in [6.07, 6.45) is 8.25. The van der Waals surface area contributed by atoms with Gasteiger partial charge in [-0.05, 0) is 6.07 Å². The van der Waals surface area contributed by atoms with E-state index in [2.05, 4.69) is 10.9 Å². The summed E-state index contributed by atoms with van der Waals surface area (Å²) in [5, 5.41) is 0. The molecule has 1 aromatic heterocycles. The fourth-order valence-corrected chi connectivity index (χ4v) is 0.538. The van der Waals surface area contributed by atoms with Crippen molar-refractivity contribution in [1.82, 2.24) is 4.98 Å². The fraction of sp³-hybridized carbons (Fsp3) is 0. The van der Waals surface area contributed by atoms with Crippen molar-refractivity contribution in [1.29, 1.82) is 0 Å². The largest absolute Gasteiger partial charge is 0.396 e. The normalized spacial score (nSPS) is 8.33. The lowest BCUT2D eigenvalue weighted by Crippen LogP contribution is -1.89. The van der Waals surface area contributed by atoms with E-state index in [-0.39, 0.29) is 0 Å². The number of pyridine rings is 1. The fourth-order valence-electron chi connectivity index (χ4n) is 0.538. The molecule has 0 aliphatic rings. The topological polar surface area (TPSA) is 38.9 Å². The van der Waals surface area contributed by atoms with Gasteiger partial charge in [0.15, 0.2) is 0 Å². The molecule has 2 nitrogen and oxygen atoms in total. The lowest BCUT2D eigenvalue weighted by molar-refractivity contribution is 1.32. The number of anilines is 1. The number of nitrogens with two attached hydrogens (primary N) is 1. The van der Waals surface area contributed by atoms with Crippen LogP contribution in [0, 0.1) is 12.3 Å². The summed E-state index contributed by atoms with van der Waals surface area (Å²) in [6, 6.07) is 1.70. The van der Waals surface area contributed by atoms with Crippen LogP contribution < -0.4 is 5.73 Å². The number of rotatable bonds is 0. The SMILES string of the molecule is C#Cc1ccncc1N. The van der Waals surface area contributed by atoms with E-state index in [1.54, 1.807) is 12.3 Å². The van der Waals surface area contributed by atoms with Crippen LogP contribution in [0.3, 0.4) is 0 Å². The van der Waals surface area contributed by atoms with Gasteiger partial charge < -0.3 is 5.73 Å². The predicted octanol–water partition coefficient (Wildman–Crippen LogP) is 0.645. The van der Waals surface area contributed by atoms with Crippen LogP contribution in [0.4, 0.5) is 5.69 Å². The minimum absolute atomic E-state index is 0.556. The van der Waals surface area contributed by atoms with Crippen molar-refractivity contribution in [3.8, 4) is 12.3 Å². The predicted molar refractivity (Wildman–Crippen MR) is 36.6 cm³/mol. The third-order valence-corrected chi connectivity index (χ3v) is 1.01. The third kappa shape index (κ3) is 1.000. The quantitative estimate of drug-likeness (QED) is 0.508. The van der Waals surface area contributed by atoms with Crippen molar-refractivity contribution in [2.45, 2.75) is 0 Å². The zero-order valence-electron chi connectivity index (χ0n) is 4.83. The van der Waals surface area contributed by atoms with Crippen LogP contribution >= 0.6 is 0 Å². The summed E-state index contributed by atoms with van der Waals surface area (Å²) in [7, 11) is 0. The molecule has 2 heteroatoms. The maximum Gasteiger partial charge on any atom is 0.0659 e. The van der Waals surface area contributed by atoms with E-state index < -0.39 is 0 Å². The van der Waals surface area contributed by atoms with E-state index in [1.165, 1.54) is 6.20 Å². The highest BCUT2D eigenvalue weighted by Gasteiger charge is 1.89. The van der Waals surface area contributed by atoms with Gasteiger partial charge in [0.2, 0.25) is 0 Å². The van der Waals surface area contributed by atoms with E-state index in [9.17, 15) is 0 Å². The Kier molecular flexibility index (Phi) is 1.37. The van der Waals surface area contributed by atoms with Crippen LogP contribution in [-0.2, 0) is 0 Å². The summed E-state index contributed by atoms with van der Waals surface area (Å²) in [4.78, 5) is 3.77. The highest BCUT2D eigenvalue weighted by molar-refractivity contribution is 5.52. The van der Waals surface area contributed by atoms with Gasteiger partial charge in [0.1, 0.15) is 0 Å². The van der Waals surface area contributed by atoms with E-state index in [0.29, 0.717) is 11.3 Å². The molecule has 9 heavy (non-hydrogen) atoms. The molecule has 0 unspecified atom stereocenters. The average molecular weight is 118 g/mol. The van der Waals surface area contributed by atoms with Crippen molar-refractivity contribution < 1.29 is 0 Å². The van der Waals surface area contributed by atoms with Gasteiger partial charge >= 0.3 is 0 Å². The smallest absolute Gasteiger partial charge is 0.0659 e. The molecule has 0 saturated carbocycles. The Morgan fingerprint density at radius 3 is 2.89 bits per heavy atom. The first kappa shape index (κ1) is 5.64. The van der Waals surface area contributed by atoms with Crippen LogP contribution in [0.5, 0.6) is 0 Å². The highest BCUT2D eigenvalue weighted by atomic mass is 14.7. The second kappa shape index (κ2) is 2.19. The molecule has 44 valence electrons. The summed E-state index contributed by atoms with van der Waals surface area (Å²) < 4.78 is 0. The monoisotopic (exact) mass is 118 g/mol. The molecular formula is C7H6N2. The lowest BCUT2D eigenvalue weighted by atomic mass is 10.2. The second-order valence-electron chi connectivity index (χ2n) is 1.61. The molecule has 0 amide bonds. The van der Waals surface area contributed by atoms with E-state index in [1.807, 2.05) is 0 Å². The third-order valence-electron chi connectivity index (χ3n) is 1.01. The molecule has 0 fully saturated rings. The van der Waals surface area contributed by atoms with Gasteiger partial charge in [-0.25, -0.2) is 0 Å². The molecule has 0 bridgehead atoms. The van der Waals surface area contributed by atoms with E-state index >= 15 is 0 Å². The van der Waals surface area contributed by atoms with Crippen molar-refractivity contribution in [2.75, 3.05) is 5.73 Å². The Labute approximate surface area is 53.7 Å². The zero-order valence-corrected chi connectivity index (χ0v) is 4.83. The lowest BCUT2D eigenvalue weighted by Gasteiger charge is -1.92. The van der Waals surface area contributed by atoms with Gasteiger partial charge in [-0.1, -0.05) is 5.92 Å².